The Bertz CT molecular complexity index is 514. The van der Waals surface area contributed by atoms with Crippen LogP contribution in [0.25, 0.3) is 0 Å². The second kappa shape index (κ2) is 12.7. The van der Waals surface area contributed by atoms with Crippen LogP contribution in [0.15, 0.2) is 11.1 Å². The molecule has 3 N–H and O–H groups in total. The Morgan fingerprint density at radius 1 is 1.04 bits per heavy atom. The highest BCUT2D eigenvalue weighted by molar-refractivity contribution is 5.21. The molecule has 0 bridgehead atoms. The van der Waals surface area contributed by atoms with Crippen LogP contribution >= 0.6 is 0 Å². The fourth-order valence-electron chi connectivity index (χ4n) is 2.67. The quantitative estimate of drug-likeness (QED) is 0.421. The van der Waals surface area contributed by atoms with E-state index in [-0.39, 0.29) is 5.95 Å². The van der Waals surface area contributed by atoms with Gasteiger partial charge in [0, 0.05) is 12.6 Å². The predicted molar refractivity (Wildman–Crippen MR) is 97.3 cm³/mol. The third-order valence-corrected chi connectivity index (χ3v) is 4.16. The Kier molecular flexibility index (Phi) is 10.7. The lowest BCUT2D eigenvalue weighted by molar-refractivity contribution is 0.173. The van der Waals surface area contributed by atoms with Gasteiger partial charge in [0.15, 0.2) is 5.49 Å². The number of hydrogen-bond acceptors (Lipinski definition) is 5. The lowest BCUT2D eigenvalue weighted by atomic mass is 10.1. The number of unbranched alkanes of at least 4 members (excludes halogenated alkanes) is 10. The molecule has 0 aliphatic carbocycles. The summed E-state index contributed by atoms with van der Waals surface area (Å²) in [5, 5.41) is 9.77. The van der Waals surface area contributed by atoms with Crippen LogP contribution in [-0.2, 0) is 0 Å². The minimum absolute atomic E-state index is 0.0213. The van der Waals surface area contributed by atoms with Gasteiger partial charge < -0.3 is 15.7 Å². The maximum Gasteiger partial charge on any atom is 0.239 e. The first-order valence-corrected chi connectivity index (χ1v) is 9.32. The molecule has 24 heavy (non-hydrogen) atoms. The van der Waals surface area contributed by atoms with Gasteiger partial charge in [-0.3, -0.25) is 4.99 Å². The van der Waals surface area contributed by atoms with Crippen LogP contribution in [0.4, 0.5) is 5.95 Å². The Balaban J connectivity index is 2.13. The van der Waals surface area contributed by atoms with Crippen molar-refractivity contribution in [1.82, 2.24) is 9.71 Å². The maximum absolute atomic E-state index is 9.77. The number of nitrogen functional groups attached to an aromatic ring is 1. The summed E-state index contributed by atoms with van der Waals surface area (Å²) in [4.78, 5) is 8.23. The molecule has 0 atom stereocenters. The fourth-order valence-corrected chi connectivity index (χ4v) is 2.67. The number of nitrogens with two attached hydrogens (primary N) is 1. The zero-order valence-corrected chi connectivity index (χ0v) is 15.3. The van der Waals surface area contributed by atoms with Crippen LogP contribution in [0.3, 0.4) is 0 Å². The number of methoxy groups -OCH3 is 1. The van der Waals surface area contributed by atoms with Crippen LogP contribution in [0.5, 0.6) is 5.88 Å². The molecule has 138 valence electrons. The smallest absolute Gasteiger partial charge is 0.239 e. The van der Waals surface area contributed by atoms with Crippen molar-refractivity contribution in [3.8, 4) is 5.88 Å². The van der Waals surface area contributed by atoms with Gasteiger partial charge in [0.05, 0.1) is 7.11 Å². The van der Waals surface area contributed by atoms with Crippen LogP contribution in [0.2, 0.25) is 0 Å². The summed E-state index contributed by atoms with van der Waals surface area (Å²) in [6.45, 7) is 2.93. The number of nitrogens with zero attached hydrogens (tertiary/aromatic N) is 3. The van der Waals surface area contributed by atoms with E-state index >= 15 is 0 Å². The van der Waals surface area contributed by atoms with Gasteiger partial charge in [0.1, 0.15) is 0 Å². The van der Waals surface area contributed by atoms with Crippen molar-refractivity contribution < 1.29 is 9.94 Å². The van der Waals surface area contributed by atoms with Gasteiger partial charge in [-0.25, -0.2) is 0 Å². The van der Waals surface area contributed by atoms with Crippen molar-refractivity contribution in [2.45, 2.75) is 77.6 Å². The van der Waals surface area contributed by atoms with Gasteiger partial charge in [0.2, 0.25) is 11.8 Å². The topological polar surface area (TPSA) is 85.7 Å². The largest absolute Gasteiger partial charge is 0.481 e. The molecule has 6 heteroatoms. The predicted octanol–water partition coefficient (Wildman–Crippen LogP) is 3.92. The zero-order chi connectivity index (χ0) is 17.6. The van der Waals surface area contributed by atoms with E-state index in [0.717, 1.165) is 11.2 Å². The molecule has 0 unspecified atom stereocenters. The van der Waals surface area contributed by atoms with Gasteiger partial charge in [-0.05, 0) is 6.42 Å². The minimum Gasteiger partial charge on any atom is -0.481 e. The summed E-state index contributed by atoms with van der Waals surface area (Å²) in [5.41, 5.74) is 5.98. The molecule has 6 nitrogen and oxygen atoms in total. The number of aromatic nitrogens is 2. The second-order valence-electron chi connectivity index (χ2n) is 6.24. The highest BCUT2D eigenvalue weighted by Crippen LogP contribution is 2.11. The first-order valence-electron chi connectivity index (χ1n) is 9.32. The van der Waals surface area contributed by atoms with Crippen LogP contribution in [-0.4, -0.2) is 28.6 Å². The molecule has 0 aliphatic rings. The summed E-state index contributed by atoms with van der Waals surface area (Å²) in [6.07, 6.45) is 14.3. The van der Waals surface area contributed by atoms with E-state index in [2.05, 4.69) is 16.9 Å². The van der Waals surface area contributed by atoms with E-state index in [4.69, 9.17) is 10.5 Å². The monoisotopic (exact) mass is 338 g/mol. The molecule has 0 aliphatic heterocycles. The van der Waals surface area contributed by atoms with Gasteiger partial charge in [0.25, 0.3) is 0 Å². The van der Waals surface area contributed by atoms with Crippen molar-refractivity contribution in [3.05, 3.63) is 11.6 Å². The fraction of sp³-hybridized carbons (Fsp3) is 0.778. The Morgan fingerprint density at radius 3 is 2.12 bits per heavy atom. The molecule has 0 amide bonds. The molecule has 1 aromatic rings. The highest BCUT2D eigenvalue weighted by atomic mass is 16.5. The Morgan fingerprint density at radius 2 is 1.58 bits per heavy atom. The second-order valence-corrected chi connectivity index (χ2v) is 6.24. The Labute approximate surface area is 145 Å². The van der Waals surface area contributed by atoms with Gasteiger partial charge >= 0.3 is 0 Å². The summed E-state index contributed by atoms with van der Waals surface area (Å²) >= 11 is 0. The average Bonchev–Trinajstić information content (AvgIpc) is 2.59. The SMILES string of the molecule is CCCCCCCCCCCCCN=c1cc(OC)nc(N)n1O. The van der Waals surface area contributed by atoms with Crippen molar-refractivity contribution in [1.29, 1.82) is 0 Å². The first kappa shape index (κ1) is 20.3. The minimum atomic E-state index is -0.0213. The van der Waals surface area contributed by atoms with Crippen LogP contribution < -0.4 is 16.0 Å². The molecule has 0 radical (unpaired) electrons. The molecule has 1 heterocycles. The molecule has 0 saturated carbocycles. The molecule has 0 spiro atoms. The molecule has 1 rings (SSSR count). The lowest BCUT2D eigenvalue weighted by Gasteiger charge is -2.05. The third kappa shape index (κ3) is 8.22. The molecule has 0 fully saturated rings. The van der Waals surface area contributed by atoms with Crippen molar-refractivity contribution in [2.24, 2.45) is 4.99 Å². The maximum atomic E-state index is 9.77. The van der Waals surface area contributed by atoms with E-state index in [0.29, 0.717) is 17.9 Å². The number of hydrogen-bond donors (Lipinski definition) is 2. The summed E-state index contributed by atoms with van der Waals surface area (Å²) in [6, 6.07) is 1.58. The van der Waals surface area contributed by atoms with Gasteiger partial charge in [-0.1, -0.05) is 71.1 Å². The standard InChI is InChI=1S/C18H34N4O2/c1-3-4-5-6-7-8-9-10-11-12-13-14-20-16-15-17(24-2)21-18(19)22(16)23/h15,23H,3-14H2,1-2H3,(H2,19,21). The summed E-state index contributed by atoms with van der Waals surface area (Å²) in [5.74, 6) is 0.336. The number of rotatable bonds is 13. The normalized spacial score (nSPS) is 11.8. The molecular formula is C18H34N4O2. The number of anilines is 1. The van der Waals surface area contributed by atoms with E-state index in [1.165, 1.54) is 71.3 Å². The summed E-state index contributed by atoms with van der Waals surface area (Å²) in [7, 11) is 1.51. The van der Waals surface area contributed by atoms with Crippen molar-refractivity contribution >= 4 is 5.95 Å². The zero-order valence-electron chi connectivity index (χ0n) is 15.3. The molecular weight excluding hydrogens is 304 g/mol. The van der Waals surface area contributed by atoms with Gasteiger partial charge in [-0.2, -0.15) is 4.98 Å². The van der Waals surface area contributed by atoms with Crippen molar-refractivity contribution in [2.75, 3.05) is 19.4 Å². The van der Waals surface area contributed by atoms with Gasteiger partial charge in [-0.15, -0.1) is 4.73 Å². The van der Waals surface area contributed by atoms with Crippen LogP contribution in [0.1, 0.15) is 77.6 Å². The van der Waals surface area contributed by atoms with E-state index in [9.17, 15) is 5.21 Å². The average molecular weight is 338 g/mol. The van der Waals surface area contributed by atoms with Crippen molar-refractivity contribution in [3.63, 3.8) is 0 Å². The van der Waals surface area contributed by atoms with E-state index in [1.807, 2.05) is 0 Å². The summed E-state index contributed by atoms with van der Waals surface area (Å²) < 4.78 is 5.82. The highest BCUT2D eigenvalue weighted by Gasteiger charge is 2.02. The third-order valence-electron chi connectivity index (χ3n) is 4.16. The molecule has 0 saturated heterocycles. The molecule has 0 aromatic carbocycles. The lowest BCUT2D eigenvalue weighted by Crippen LogP contribution is -2.23. The Hall–Kier alpha value is -1.72. The number of ether oxygens (including phenoxy) is 1. The van der Waals surface area contributed by atoms with E-state index < -0.39 is 0 Å². The van der Waals surface area contributed by atoms with E-state index in [1.54, 1.807) is 6.07 Å². The van der Waals surface area contributed by atoms with Crippen LogP contribution in [0, 0.1) is 0 Å². The first-order chi connectivity index (χ1) is 11.7. The molecule has 1 aromatic heterocycles.